The van der Waals surface area contributed by atoms with Crippen LogP contribution in [0.1, 0.15) is 52.0 Å². The second-order valence-electron chi connectivity index (χ2n) is 7.44. The van der Waals surface area contributed by atoms with Gasteiger partial charge in [0.1, 0.15) is 11.4 Å². The fourth-order valence-corrected chi connectivity index (χ4v) is 2.90. The summed E-state index contributed by atoms with van der Waals surface area (Å²) in [6.45, 7) is 16.2. The van der Waals surface area contributed by atoms with Crippen molar-refractivity contribution in [3.05, 3.63) is 72.6 Å². The Balaban J connectivity index is 3.08. The third kappa shape index (κ3) is 7.41. The number of carbonyl (C=O) groups excluding carboxylic acids is 1. The molecule has 0 saturated carbocycles. The minimum absolute atomic E-state index is 0.219. The molecule has 0 heterocycles. The van der Waals surface area contributed by atoms with Crippen molar-refractivity contribution in [1.29, 1.82) is 0 Å². The maximum Gasteiger partial charge on any atom is 0.410 e. The first-order valence-electron chi connectivity index (χ1n) is 9.40. The monoisotopic (exact) mass is 373 g/mol. The Bertz CT molecular complexity index is 673. The highest BCUT2D eigenvalue weighted by atomic mass is 19.1. The quantitative estimate of drug-likeness (QED) is 0.479. The van der Waals surface area contributed by atoms with Crippen LogP contribution in [-0.2, 0) is 4.74 Å². The number of nitrogens with zero attached hydrogens (tertiary/aromatic N) is 1. The molecule has 0 N–H and O–H groups in total. The fourth-order valence-electron chi connectivity index (χ4n) is 2.90. The predicted octanol–water partition coefficient (Wildman–Crippen LogP) is 6.24. The van der Waals surface area contributed by atoms with Crippen molar-refractivity contribution in [1.82, 2.24) is 4.90 Å². The topological polar surface area (TPSA) is 29.5 Å². The molecule has 0 saturated heterocycles. The number of halogens is 1. The second kappa shape index (κ2) is 10.7. The average Bonchev–Trinajstić information content (AvgIpc) is 2.59. The molecule has 0 aliphatic heterocycles. The number of hydrogen-bond acceptors (Lipinski definition) is 2. The first-order chi connectivity index (χ1) is 12.7. The molecule has 1 aromatic rings. The standard InChI is InChI=1S/C23H32FNO2/c1-7-12-18(9-3)19(20-13-10-11-14-21(20)24)15-17-25(16-8-2)22(26)27-23(4,5)6/h7,9-14,19H,1,3,8,15-17H2,2,4-6H3/b18-12+. The van der Waals surface area contributed by atoms with E-state index < -0.39 is 5.60 Å². The number of hydrogen-bond donors (Lipinski definition) is 0. The van der Waals surface area contributed by atoms with Gasteiger partial charge in [0.05, 0.1) is 0 Å². The van der Waals surface area contributed by atoms with Crippen LogP contribution < -0.4 is 0 Å². The van der Waals surface area contributed by atoms with Gasteiger partial charge < -0.3 is 9.64 Å². The largest absolute Gasteiger partial charge is 0.444 e. The molecule has 0 aliphatic carbocycles. The maximum absolute atomic E-state index is 14.4. The van der Waals surface area contributed by atoms with Crippen LogP contribution in [-0.4, -0.2) is 29.7 Å². The Morgan fingerprint density at radius 1 is 1.26 bits per heavy atom. The molecule has 0 radical (unpaired) electrons. The Morgan fingerprint density at radius 2 is 1.93 bits per heavy atom. The summed E-state index contributed by atoms with van der Waals surface area (Å²) in [5, 5.41) is 0. The number of amides is 1. The molecule has 1 amide bonds. The molecule has 0 aromatic heterocycles. The molecule has 0 aliphatic rings. The Hall–Kier alpha value is -2.36. The predicted molar refractivity (Wildman–Crippen MR) is 110 cm³/mol. The lowest BCUT2D eigenvalue weighted by Crippen LogP contribution is -2.38. The SMILES string of the molecule is C=C/C=C(\C=C)C(CCN(CCC)C(=O)OC(C)(C)C)c1ccccc1F. The molecule has 1 rings (SSSR count). The van der Waals surface area contributed by atoms with Gasteiger partial charge in [-0.2, -0.15) is 0 Å². The molecule has 148 valence electrons. The van der Waals surface area contributed by atoms with E-state index in [4.69, 9.17) is 4.74 Å². The first kappa shape index (κ1) is 22.7. The van der Waals surface area contributed by atoms with E-state index >= 15 is 0 Å². The van der Waals surface area contributed by atoms with Gasteiger partial charge >= 0.3 is 6.09 Å². The highest BCUT2D eigenvalue weighted by Gasteiger charge is 2.24. The molecule has 27 heavy (non-hydrogen) atoms. The highest BCUT2D eigenvalue weighted by Crippen LogP contribution is 2.31. The van der Waals surface area contributed by atoms with Crippen molar-refractivity contribution in [3.8, 4) is 0 Å². The Labute approximate surface area is 163 Å². The van der Waals surface area contributed by atoms with Crippen LogP contribution in [0, 0.1) is 5.82 Å². The maximum atomic E-state index is 14.4. The van der Waals surface area contributed by atoms with Gasteiger partial charge in [0, 0.05) is 19.0 Å². The molecule has 1 unspecified atom stereocenters. The molecule has 3 nitrogen and oxygen atoms in total. The average molecular weight is 374 g/mol. The molecular formula is C23H32FNO2. The minimum atomic E-state index is -0.553. The number of allylic oxidation sites excluding steroid dienone is 4. The fraction of sp³-hybridized carbons (Fsp3) is 0.435. The smallest absolute Gasteiger partial charge is 0.410 e. The summed E-state index contributed by atoms with van der Waals surface area (Å²) in [4.78, 5) is 14.2. The third-order valence-corrected chi connectivity index (χ3v) is 4.06. The van der Waals surface area contributed by atoms with Gasteiger partial charge in [-0.1, -0.05) is 56.5 Å². The molecule has 4 heteroatoms. The second-order valence-corrected chi connectivity index (χ2v) is 7.44. The number of carbonyl (C=O) groups is 1. The molecule has 0 spiro atoms. The number of benzene rings is 1. The third-order valence-electron chi connectivity index (χ3n) is 4.06. The lowest BCUT2D eigenvalue weighted by atomic mass is 9.87. The van der Waals surface area contributed by atoms with Crippen LogP contribution in [0.4, 0.5) is 9.18 Å². The van der Waals surface area contributed by atoms with Crippen LogP contribution >= 0.6 is 0 Å². The number of rotatable bonds is 9. The normalized spacial score (nSPS) is 13.0. The molecule has 1 atom stereocenters. The summed E-state index contributed by atoms with van der Waals surface area (Å²) in [6, 6.07) is 6.72. The van der Waals surface area contributed by atoms with E-state index in [2.05, 4.69) is 13.2 Å². The van der Waals surface area contributed by atoms with E-state index in [1.165, 1.54) is 6.07 Å². The van der Waals surface area contributed by atoms with E-state index in [1.807, 2.05) is 39.8 Å². The van der Waals surface area contributed by atoms with Crippen LogP contribution in [0.2, 0.25) is 0 Å². The van der Waals surface area contributed by atoms with Crippen LogP contribution in [0.15, 0.2) is 61.2 Å². The van der Waals surface area contributed by atoms with E-state index in [0.717, 1.165) is 12.0 Å². The molecule has 1 aromatic carbocycles. The van der Waals surface area contributed by atoms with Crippen molar-refractivity contribution >= 4 is 6.09 Å². The van der Waals surface area contributed by atoms with Crippen LogP contribution in [0.5, 0.6) is 0 Å². The summed E-state index contributed by atoms with van der Waals surface area (Å²) < 4.78 is 19.9. The zero-order valence-electron chi connectivity index (χ0n) is 17.0. The van der Waals surface area contributed by atoms with Crippen molar-refractivity contribution in [3.63, 3.8) is 0 Å². The van der Waals surface area contributed by atoms with Gasteiger partial charge in [-0.25, -0.2) is 9.18 Å². The van der Waals surface area contributed by atoms with E-state index in [-0.39, 0.29) is 17.8 Å². The Morgan fingerprint density at radius 3 is 2.44 bits per heavy atom. The summed E-state index contributed by atoms with van der Waals surface area (Å²) in [6.07, 6.45) is 6.26. The first-order valence-corrected chi connectivity index (χ1v) is 9.40. The van der Waals surface area contributed by atoms with Gasteiger partial charge in [-0.3, -0.25) is 0 Å². The van der Waals surface area contributed by atoms with E-state index in [9.17, 15) is 9.18 Å². The lowest BCUT2D eigenvalue weighted by Gasteiger charge is -2.29. The summed E-state index contributed by atoms with van der Waals surface area (Å²) in [5.41, 5.74) is 0.908. The summed E-state index contributed by atoms with van der Waals surface area (Å²) in [7, 11) is 0. The van der Waals surface area contributed by atoms with Crippen LogP contribution in [0.3, 0.4) is 0 Å². The highest BCUT2D eigenvalue weighted by molar-refractivity contribution is 5.68. The van der Waals surface area contributed by atoms with Crippen molar-refractivity contribution in [2.75, 3.05) is 13.1 Å². The van der Waals surface area contributed by atoms with Gasteiger partial charge in [0.25, 0.3) is 0 Å². The van der Waals surface area contributed by atoms with Gasteiger partial charge in [0.15, 0.2) is 0 Å². The van der Waals surface area contributed by atoms with E-state index in [0.29, 0.717) is 25.1 Å². The van der Waals surface area contributed by atoms with Crippen molar-refractivity contribution < 1.29 is 13.9 Å². The minimum Gasteiger partial charge on any atom is -0.444 e. The zero-order chi connectivity index (χ0) is 20.4. The summed E-state index contributed by atoms with van der Waals surface area (Å²) >= 11 is 0. The van der Waals surface area contributed by atoms with Crippen LogP contribution in [0.25, 0.3) is 0 Å². The Kier molecular flexibility index (Phi) is 8.99. The lowest BCUT2D eigenvalue weighted by molar-refractivity contribution is 0.0246. The van der Waals surface area contributed by atoms with Crippen molar-refractivity contribution in [2.45, 2.75) is 52.1 Å². The van der Waals surface area contributed by atoms with Gasteiger partial charge in [-0.05, 0) is 50.8 Å². The van der Waals surface area contributed by atoms with Gasteiger partial charge in [0.2, 0.25) is 0 Å². The summed E-state index contributed by atoms with van der Waals surface area (Å²) in [5.74, 6) is -0.484. The molecular weight excluding hydrogens is 341 g/mol. The van der Waals surface area contributed by atoms with Gasteiger partial charge in [-0.15, -0.1) is 0 Å². The zero-order valence-corrected chi connectivity index (χ0v) is 17.0. The van der Waals surface area contributed by atoms with Crippen molar-refractivity contribution in [2.24, 2.45) is 0 Å². The molecule has 0 fully saturated rings. The number of ether oxygens (including phenoxy) is 1. The molecule has 0 bridgehead atoms. The van der Waals surface area contributed by atoms with E-state index in [1.54, 1.807) is 29.2 Å².